The first-order chi connectivity index (χ1) is 16.9. The Kier molecular flexibility index (Phi) is 9.11. The lowest BCUT2D eigenvalue weighted by molar-refractivity contribution is 0.102. The van der Waals surface area contributed by atoms with Crippen LogP contribution in [0.2, 0.25) is 0 Å². The first kappa shape index (κ1) is 25.6. The van der Waals surface area contributed by atoms with E-state index in [4.69, 9.17) is 16.3 Å². The Morgan fingerprint density at radius 2 is 1.54 bits per heavy atom. The first-order valence-electron chi connectivity index (χ1n) is 11.6. The van der Waals surface area contributed by atoms with Gasteiger partial charge in [0.2, 0.25) is 0 Å². The number of ether oxygens (including phenoxy) is 1. The fourth-order valence-corrected chi connectivity index (χ4v) is 3.49. The van der Waals surface area contributed by atoms with Crippen molar-refractivity contribution in [3.8, 4) is 5.75 Å². The Balaban J connectivity index is 1.57. The third kappa shape index (κ3) is 7.49. The summed E-state index contributed by atoms with van der Waals surface area (Å²) in [4.78, 5) is 14.7. The molecule has 184 valence electrons. The van der Waals surface area contributed by atoms with Crippen LogP contribution in [0.15, 0.2) is 84.7 Å². The molecule has 0 bridgehead atoms. The number of carbonyl (C=O) groups is 1. The van der Waals surface area contributed by atoms with Gasteiger partial charge in [-0.05, 0) is 79.8 Å². The number of hydrogen-bond donors (Lipinski definition) is 4. The van der Waals surface area contributed by atoms with E-state index in [1.807, 2.05) is 48.5 Å². The molecule has 0 aromatic heterocycles. The summed E-state index contributed by atoms with van der Waals surface area (Å²) in [6, 6.07) is 22.3. The lowest BCUT2D eigenvalue weighted by Crippen LogP contribution is -2.31. The van der Waals surface area contributed by atoms with Crippen LogP contribution >= 0.6 is 0 Å². The molecule has 3 aromatic rings. The van der Waals surface area contributed by atoms with Crippen molar-refractivity contribution in [3.05, 3.63) is 90.3 Å². The van der Waals surface area contributed by atoms with Gasteiger partial charge in [0.05, 0.1) is 12.8 Å². The fraction of sp³-hybridized carbons (Fsp3) is 0.222. The molecule has 3 aromatic carbocycles. The third-order valence-corrected chi connectivity index (χ3v) is 5.53. The van der Waals surface area contributed by atoms with Gasteiger partial charge < -0.3 is 21.1 Å². The number of hydrogen-bond acceptors (Lipinski definition) is 7. The van der Waals surface area contributed by atoms with E-state index in [-0.39, 0.29) is 5.91 Å². The number of nitrogens with two attached hydrogens (primary N) is 2. The summed E-state index contributed by atoms with van der Waals surface area (Å²) in [5.41, 5.74) is 10.7. The van der Waals surface area contributed by atoms with Gasteiger partial charge >= 0.3 is 0 Å². The Hall–Kier alpha value is -4.01. The van der Waals surface area contributed by atoms with E-state index >= 15 is 0 Å². The highest BCUT2D eigenvalue weighted by Gasteiger charge is 2.08. The van der Waals surface area contributed by atoms with Gasteiger partial charge in [-0.1, -0.05) is 19.9 Å². The number of benzene rings is 3. The van der Waals surface area contributed by atoms with Gasteiger partial charge in [0, 0.05) is 41.1 Å². The van der Waals surface area contributed by atoms with Crippen molar-refractivity contribution < 1.29 is 9.53 Å². The van der Waals surface area contributed by atoms with Crippen LogP contribution in [-0.4, -0.2) is 37.6 Å². The summed E-state index contributed by atoms with van der Waals surface area (Å²) in [6.45, 7) is 6.76. The second-order valence-corrected chi connectivity index (χ2v) is 8.01. The summed E-state index contributed by atoms with van der Waals surface area (Å²) in [6.07, 6.45) is 1.75. The molecule has 0 radical (unpaired) electrons. The normalized spacial score (nSPS) is 11.3. The molecule has 0 heterocycles. The molecule has 0 spiro atoms. The van der Waals surface area contributed by atoms with E-state index in [9.17, 15) is 4.79 Å². The monoisotopic (exact) mass is 474 g/mol. The maximum Gasteiger partial charge on any atom is 0.255 e. The Morgan fingerprint density at radius 3 is 2.14 bits per heavy atom. The highest BCUT2D eigenvalue weighted by Crippen LogP contribution is 2.22. The molecular formula is C27H34N6O2. The first-order valence-corrected chi connectivity index (χ1v) is 11.6. The molecule has 8 nitrogen and oxygen atoms in total. The Morgan fingerprint density at radius 1 is 0.943 bits per heavy atom. The number of nitrogens with one attached hydrogen (secondary N) is 2. The summed E-state index contributed by atoms with van der Waals surface area (Å²) < 4.78 is 5.18. The fourth-order valence-electron chi connectivity index (χ4n) is 3.49. The molecule has 0 fully saturated rings. The van der Waals surface area contributed by atoms with E-state index in [1.54, 1.807) is 37.6 Å². The molecule has 0 unspecified atom stereocenters. The summed E-state index contributed by atoms with van der Waals surface area (Å²) >= 11 is 0. The van der Waals surface area contributed by atoms with Crippen LogP contribution in [0.1, 0.15) is 24.2 Å². The Labute approximate surface area is 207 Å². The quantitative estimate of drug-likeness (QED) is 0.239. The SMILES string of the molecule is CCN(CC)C/C(N)=C/N(N)c1ccc(Nc2ccc(NC(=O)c3cccc(OC)c3)cc2)cc1. The van der Waals surface area contributed by atoms with Gasteiger partial charge in [0.15, 0.2) is 0 Å². The Bertz CT molecular complexity index is 1130. The predicted molar refractivity (Wildman–Crippen MR) is 144 cm³/mol. The zero-order valence-corrected chi connectivity index (χ0v) is 20.5. The summed E-state index contributed by atoms with van der Waals surface area (Å²) in [5, 5.41) is 7.77. The standard InChI is InChI=1S/C27H34N6O2/c1-4-32(5-2)18-21(28)19-33(29)25-15-13-23(14-16-25)30-22-9-11-24(12-10-22)31-27(34)20-7-6-8-26(17-20)35-3/h6-17,19,30H,4-5,18,28-29H2,1-3H3,(H,31,34)/b21-19-. The average molecular weight is 475 g/mol. The highest BCUT2D eigenvalue weighted by molar-refractivity contribution is 6.04. The van der Waals surface area contributed by atoms with Crippen LogP contribution in [0.25, 0.3) is 0 Å². The van der Waals surface area contributed by atoms with Crippen molar-refractivity contribution in [2.45, 2.75) is 13.8 Å². The predicted octanol–water partition coefficient (Wildman–Crippen LogP) is 4.51. The van der Waals surface area contributed by atoms with Crippen LogP contribution in [0.3, 0.4) is 0 Å². The van der Waals surface area contributed by atoms with Crippen LogP contribution in [0.4, 0.5) is 22.7 Å². The van der Waals surface area contributed by atoms with Crippen molar-refractivity contribution in [1.82, 2.24) is 4.90 Å². The molecule has 0 aliphatic carbocycles. The molecule has 0 saturated heterocycles. The smallest absolute Gasteiger partial charge is 0.255 e. The van der Waals surface area contributed by atoms with E-state index in [0.717, 1.165) is 30.2 Å². The molecule has 0 atom stereocenters. The molecule has 1 amide bonds. The average Bonchev–Trinajstić information content (AvgIpc) is 2.88. The molecule has 0 aliphatic heterocycles. The van der Waals surface area contributed by atoms with Gasteiger partial charge in [-0.2, -0.15) is 0 Å². The van der Waals surface area contributed by atoms with Crippen molar-refractivity contribution >= 4 is 28.7 Å². The number of amides is 1. The molecule has 6 N–H and O–H groups in total. The molecule has 0 aliphatic rings. The second-order valence-electron chi connectivity index (χ2n) is 8.01. The molecule has 3 rings (SSSR count). The van der Waals surface area contributed by atoms with Crippen molar-refractivity contribution in [3.63, 3.8) is 0 Å². The van der Waals surface area contributed by atoms with Crippen molar-refractivity contribution in [2.24, 2.45) is 11.6 Å². The van der Waals surface area contributed by atoms with Crippen LogP contribution in [0.5, 0.6) is 5.75 Å². The maximum absolute atomic E-state index is 12.5. The lowest BCUT2D eigenvalue weighted by Gasteiger charge is -2.20. The molecule has 0 saturated carbocycles. The van der Waals surface area contributed by atoms with E-state index < -0.39 is 0 Å². The van der Waals surface area contributed by atoms with Gasteiger partial charge in [-0.3, -0.25) is 14.7 Å². The number of hydrazine groups is 1. The summed E-state index contributed by atoms with van der Waals surface area (Å²) in [7, 11) is 1.57. The lowest BCUT2D eigenvalue weighted by atomic mass is 10.2. The van der Waals surface area contributed by atoms with Gasteiger partial charge in [0.1, 0.15) is 5.75 Å². The van der Waals surface area contributed by atoms with E-state index in [1.165, 1.54) is 5.01 Å². The van der Waals surface area contributed by atoms with Gasteiger partial charge in [0.25, 0.3) is 5.91 Å². The van der Waals surface area contributed by atoms with Crippen molar-refractivity contribution in [2.75, 3.05) is 42.4 Å². The minimum atomic E-state index is -0.196. The second kappa shape index (κ2) is 12.5. The highest BCUT2D eigenvalue weighted by atomic mass is 16.5. The molecular weight excluding hydrogens is 440 g/mol. The number of carbonyl (C=O) groups excluding carboxylic acids is 1. The molecule has 35 heavy (non-hydrogen) atoms. The van der Waals surface area contributed by atoms with Crippen LogP contribution in [-0.2, 0) is 0 Å². The zero-order valence-electron chi connectivity index (χ0n) is 20.5. The van der Waals surface area contributed by atoms with E-state index in [2.05, 4.69) is 29.4 Å². The summed E-state index contributed by atoms with van der Waals surface area (Å²) in [5.74, 6) is 6.61. The van der Waals surface area contributed by atoms with Gasteiger partial charge in [-0.15, -0.1) is 0 Å². The topological polar surface area (TPSA) is 109 Å². The number of rotatable bonds is 11. The third-order valence-electron chi connectivity index (χ3n) is 5.53. The minimum absolute atomic E-state index is 0.196. The molecule has 8 heteroatoms. The zero-order chi connectivity index (χ0) is 25.2. The van der Waals surface area contributed by atoms with Gasteiger partial charge in [-0.25, -0.2) is 5.84 Å². The number of anilines is 4. The van der Waals surface area contributed by atoms with Crippen LogP contribution < -0.4 is 32.0 Å². The van der Waals surface area contributed by atoms with Crippen LogP contribution in [0, 0.1) is 0 Å². The maximum atomic E-state index is 12.5. The minimum Gasteiger partial charge on any atom is -0.497 e. The number of methoxy groups -OCH3 is 1. The number of nitrogens with zero attached hydrogens (tertiary/aromatic N) is 2. The number of likely N-dealkylation sites (N-methyl/N-ethyl adjacent to an activating group) is 1. The van der Waals surface area contributed by atoms with Crippen molar-refractivity contribution in [1.29, 1.82) is 0 Å². The largest absolute Gasteiger partial charge is 0.497 e. The van der Waals surface area contributed by atoms with E-state index in [0.29, 0.717) is 29.2 Å².